The minimum absolute atomic E-state index is 0.0478. The molecule has 0 aliphatic rings. The molecule has 3 rings (SSSR count). The van der Waals surface area contributed by atoms with Crippen molar-refractivity contribution < 1.29 is 27.8 Å². The summed E-state index contributed by atoms with van der Waals surface area (Å²) in [6.07, 6.45) is 1.31. The molecule has 6 nitrogen and oxygen atoms in total. The van der Waals surface area contributed by atoms with Gasteiger partial charge in [-0.2, -0.15) is 13.2 Å². The monoisotopic (exact) mass is 417 g/mol. The average molecular weight is 417 g/mol. The lowest BCUT2D eigenvalue weighted by atomic mass is 10.1. The van der Waals surface area contributed by atoms with Gasteiger partial charge in [0.05, 0.1) is 19.0 Å². The first kappa shape index (κ1) is 21.0. The van der Waals surface area contributed by atoms with Crippen LogP contribution in [0.25, 0.3) is 6.08 Å². The van der Waals surface area contributed by atoms with Crippen molar-refractivity contribution in [3.8, 4) is 11.5 Å². The molecule has 2 N–H and O–H groups in total. The Morgan fingerprint density at radius 3 is 2.77 bits per heavy atom. The first-order valence-corrected chi connectivity index (χ1v) is 8.78. The second-order valence-corrected chi connectivity index (χ2v) is 6.38. The number of halogens is 3. The minimum atomic E-state index is -4.41. The molecule has 156 valence electrons. The van der Waals surface area contributed by atoms with Crippen molar-refractivity contribution in [3.63, 3.8) is 0 Å². The Morgan fingerprint density at radius 2 is 2.07 bits per heavy atom. The van der Waals surface area contributed by atoms with Crippen LogP contribution < -0.4 is 10.1 Å². The number of ether oxygens (including phenoxy) is 1. The molecule has 0 saturated carbocycles. The van der Waals surface area contributed by atoms with E-state index in [0.717, 1.165) is 12.1 Å². The number of hydrogen-bond donors (Lipinski definition) is 2. The third-order valence-corrected chi connectivity index (χ3v) is 4.13. The van der Waals surface area contributed by atoms with E-state index in [9.17, 15) is 23.1 Å². The van der Waals surface area contributed by atoms with Crippen LogP contribution in [-0.2, 0) is 17.5 Å². The molecule has 1 aromatic heterocycles. The number of aromatic nitrogens is 2. The highest BCUT2D eigenvalue weighted by atomic mass is 19.4. The largest absolute Gasteiger partial charge is 0.504 e. The van der Waals surface area contributed by atoms with Gasteiger partial charge in [-0.3, -0.25) is 4.79 Å². The standard InChI is InChI=1S/C21H18F3N3O3/c1-30-18-7-5-14(10-17(18)28)6-8-20(29)26-19-12-27(13-25-19)11-15-3-2-4-16(9-15)21(22,23)24/h2-10,12-13,28H,11H2,1H3,(H,26,29)/b8-6+. The summed E-state index contributed by atoms with van der Waals surface area (Å²) in [7, 11) is 1.43. The lowest BCUT2D eigenvalue weighted by Crippen LogP contribution is -2.08. The molecule has 3 aromatic rings. The van der Waals surface area contributed by atoms with E-state index in [0.29, 0.717) is 16.9 Å². The van der Waals surface area contributed by atoms with E-state index < -0.39 is 17.6 Å². The highest BCUT2D eigenvalue weighted by Crippen LogP contribution is 2.30. The van der Waals surface area contributed by atoms with Gasteiger partial charge < -0.3 is 19.7 Å². The van der Waals surface area contributed by atoms with Crippen molar-refractivity contribution in [1.82, 2.24) is 9.55 Å². The average Bonchev–Trinajstić information content (AvgIpc) is 3.12. The van der Waals surface area contributed by atoms with Gasteiger partial charge in [0.2, 0.25) is 5.91 Å². The summed E-state index contributed by atoms with van der Waals surface area (Å²) in [5.74, 6) is 0.0835. The summed E-state index contributed by atoms with van der Waals surface area (Å²) in [6.45, 7) is 0.174. The first-order valence-electron chi connectivity index (χ1n) is 8.78. The second kappa shape index (κ2) is 8.73. The molecule has 0 unspecified atom stereocenters. The van der Waals surface area contributed by atoms with E-state index in [1.54, 1.807) is 22.8 Å². The highest BCUT2D eigenvalue weighted by Gasteiger charge is 2.30. The zero-order chi connectivity index (χ0) is 21.7. The summed E-state index contributed by atoms with van der Waals surface area (Å²) in [6, 6.07) is 9.71. The van der Waals surface area contributed by atoms with Gasteiger partial charge in [-0.05, 0) is 41.5 Å². The van der Waals surface area contributed by atoms with Gasteiger partial charge in [-0.25, -0.2) is 4.98 Å². The summed E-state index contributed by atoms with van der Waals surface area (Å²) in [5, 5.41) is 12.3. The van der Waals surface area contributed by atoms with Crippen LogP contribution in [0.2, 0.25) is 0 Å². The Hall–Kier alpha value is -3.75. The Labute approximate surface area is 170 Å². The predicted molar refractivity (Wildman–Crippen MR) is 105 cm³/mol. The lowest BCUT2D eigenvalue weighted by Gasteiger charge is -2.09. The first-order chi connectivity index (χ1) is 14.2. The van der Waals surface area contributed by atoms with Gasteiger partial charge in [-0.1, -0.05) is 18.2 Å². The van der Waals surface area contributed by atoms with Crippen LogP contribution in [0.3, 0.4) is 0 Å². The number of carbonyl (C=O) groups is 1. The number of alkyl halides is 3. The third-order valence-electron chi connectivity index (χ3n) is 4.13. The molecule has 1 amide bonds. The fraction of sp³-hybridized carbons (Fsp3) is 0.143. The second-order valence-electron chi connectivity index (χ2n) is 6.38. The Bertz CT molecular complexity index is 1070. The number of nitrogens with zero attached hydrogens (tertiary/aromatic N) is 2. The molecule has 2 aromatic carbocycles. The number of imidazole rings is 1. The summed E-state index contributed by atoms with van der Waals surface area (Å²) in [4.78, 5) is 16.1. The quantitative estimate of drug-likeness (QED) is 0.586. The zero-order valence-electron chi connectivity index (χ0n) is 15.8. The smallest absolute Gasteiger partial charge is 0.416 e. The maximum Gasteiger partial charge on any atom is 0.416 e. The molecule has 0 saturated heterocycles. The van der Waals surface area contributed by atoms with Crippen LogP contribution in [0.5, 0.6) is 11.5 Å². The fourth-order valence-electron chi connectivity index (χ4n) is 2.72. The number of methoxy groups -OCH3 is 1. The van der Waals surface area contributed by atoms with E-state index in [1.807, 2.05) is 0 Å². The maximum absolute atomic E-state index is 12.8. The topological polar surface area (TPSA) is 76.4 Å². The van der Waals surface area contributed by atoms with Crippen molar-refractivity contribution in [2.45, 2.75) is 12.7 Å². The summed E-state index contributed by atoms with van der Waals surface area (Å²) >= 11 is 0. The highest BCUT2D eigenvalue weighted by molar-refractivity contribution is 6.01. The normalized spacial score (nSPS) is 11.6. The van der Waals surface area contributed by atoms with E-state index in [2.05, 4.69) is 10.3 Å². The van der Waals surface area contributed by atoms with Gasteiger partial charge in [-0.15, -0.1) is 0 Å². The number of benzene rings is 2. The number of carbonyl (C=O) groups excluding carboxylic acids is 1. The molecule has 30 heavy (non-hydrogen) atoms. The molecule has 0 bridgehead atoms. The number of phenolic OH excluding ortho intramolecular Hbond substituents is 1. The molecular formula is C21H18F3N3O3. The number of amides is 1. The van der Waals surface area contributed by atoms with Gasteiger partial charge in [0.1, 0.15) is 0 Å². The molecule has 0 fully saturated rings. The summed E-state index contributed by atoms with van der Waals surface area (Å²) < 4.78 is 45.0. The Kier molecular flexibility index (Phi) is 6.10. The number of nitrogens with one attached hydrogen (secondary N) is 1. The minimum Gasteiger partial charge on any atom is -0.504 e. The number of anilines is 1. The number of rotatable bonds is 6. The van der Waals surface area contributed by atoms with Crippen molar-refractivity contribution in [1.29, 1.82) is 0 Å². The lowest BCUT2D eigenvalue weighted by molar-refractivity contribution is -0.137. The van der Waals surface area contributed by atoms with E-state index >= 15 is 0 Å². The molecular weight excluding hydrogens is 399 g/mol. The van der Waals surface area contributed by atoms with Crippen molar-refractivity contribution >= 4 is 17.8 Å². The Morgan fingerprint density at radius 1 is 1.27 bits per heavy atom. The third kappa shape index (κ3) is 5.40. The Balaban J connectivity index is 1.61. The zero-order valence-corrected chi connectivity index (χ0v) is 15.8. The van der Waals surface area contributed by atoms with E-state index in [1.165, 1.54) is 43.9 Å². The van der Waals surface area contributed by atoms with Gasteiger partial charge in [0.25, 0.3) is 0 Å². The number of aromatic hydroxyl groups is 1. The van der Waals surface area contributed by atoms with Crippen LogP contribution in [0.15, 0.2) is 61.1 Å². The molecule has 0 atom stereocenters. The van der Waals surface area contributed by atoms with Crippen molar-refractivity contribution in [3.05, 3.63) is 77.8 Å². The van der Waals surface area contributed by atoms with Crippen molar-refractivity contribution in [2.75, 3.05) is 12.4 Å². The van der Waals surface area contributed by atoms with Crippen molar-refractivity contribution in [2.24, 2.45) is 0 Å². The molecule has 9 heteroatoms. The van der Waals surface area contributed by atoms with Crippen LogP contribution in [-0.4, -0.2) is 27.7 Å². The van der Waals surface area contributed by atoms with Gasteiger partial charge >= 0.3 is 6.18 Å². The number of hydrogen-bond acceptors (Lipinski definition) is 4. The summed E-state index contributed by atoms with van der Waals surface area (Å²) in [5.41, 5.74) is 0.334. The molecule has 0 spiro atoms. The molecule has 0 aliphatic heterocycles. The van der Waals surface area contributed by atoms with Crippen LogP contribution in [0.4, 0.5) is 19.0 Å². The van der Waals surface area contributed by atoms with Gasteiger partial charge in [0.15, 0.2) is 17.3 Å². The SMILES string of the molecule is COc1ccc(/C=C/C(=O)Nc2cn(Cc3cccc(C(F)(F)F)c3)cn2)cc1O. The van der Waals surface area contributed by atoms with Gasteiger partial charge in [0, 0.05) is 18.8 Å². The fourth-order valence-corrected chi connectivity index (χ4v) is 2.72. The van der Waals surface area contributed by atoms with Crippen LogP contribution in [0.1, 0.15) is 16.7 Å². The maximum atomic E-state index is 12.8. The molecule has 0 radical (unpaired) electrons. The van der Waals surface area contributed by atoms with E-state index in [4.69, 9.17) is 4.74 Å². The molecule has 1 heterocycles. The van der Waals surface area contributed by atoms with Crippen LogP contribution >= 0.6 is 0 Å². The molecule has 0 aliphatic carbocycles. The van der Waals surface area contributed by atoms with E-state index in [-0.39, 0.29) is 18.1 Å². The predicted octanol–water partition coefficient (Wildman–Crippen LogP) is 4.32. The van der Waals surface area contributed by atoms with Crippen LogP contribution in [0, 0.1) is 0 Å². The number of phenols is 1.